The predicted octanol–water partition coefficient (Wildman–Crippen LogP) is 4.20. The molecule has 7 rings (SSSR count). The van der Waals surface area contributed by atoms with E-state index in [0.29, 0.717) is 36.7 Å². The number of piperazine rings is 1. The lowest BCUT2D eigenvalue weighted by molar-refractivity contribution is -0.0112. The van der Waals surface area contributed by atoms with Gasteiger partial charge in [0.15, 0.2) is 5.82 Å². The summed E-state index contributed by atoms with van der Waals surface area (Å²) >= 11 is 5.96. The molecule has 0 spiro atoms. The second-order valence-electron chi connectivity index (χ2n) is 11.4. The van der Waals surface area contributed by atoms with Crippen LogP contribution in [0.2, 0.25) is 0 Å². The van der Waals surface area contributed by atoms with Crippen molar-refractivity contribution in [3.8, 4) is 5.75 Å². The third kappa shape index (κ3) is 4.69. The third-order valence-electron chi connectivity index (χ3n) is 8.81. The zero-order valence-corrected chi connectivity index (χ0v) is 22.3. The molecule has 2 aromatic rings. The van der Waals surface area contributed by atoms with Crippen LogP contribution in [0.3, 0.4) is 0 Å². The van der Waals surface area contributed by atoms with Crippen LogP contribution in [0, 0.1) is 22.5 Å². The number of amides is 1. The number of benzene rings is 1. The summed E-state index contributed by atoms with van der Waals surface area (Å²) in [6.45, 7) is 5.51. The number of rotatable bonds is 6. The number of aromatic hydroxyl groups is 1. The number of hydrogen-bond acceptors (Lipinski definition) is 7. The summed E-state index contributed by atoms with van der Waals surface area (Å²) in [7, 11) is 0. The zero-order chi connectivity index (χ0) is 25.6. The zero-order valence-electron chi connectivity index (χ0n) is 21.5. The average Bonchev–Trinajstić information content (AvgIpc) is 3.19. The Hall–Kier alpha value is -2.72. The van der Waals surface area contributed by atoms with Crippen LogP contribution in [-0.4, -0.2) is 74.5 Å². The second kappa shape index (κ2) is 9.87. The summed E-state index contributed by atoms with van der Waals surface area (Å²) in [5, 5.41) is 20.3. The van der Waals surface area contributed by atoms with E-state index in [1.807, 2.05) is 28.4 Å². The van der Waals surface area contributed by atoms with Gasteiger partial charge < -0.3 is 14.7 Å². The molecule has 1 N–H and O–H groups in total. The van der Waals surface area contributed by atoms with Gasteiger partial charge in [-0.15, -0.1) is 0 Å². The minimum Gasteiger partial charge on any atom is -0.507 e. The van der Waals surface area contributed by atoms with Gasteiger partial charge in [-0.1, -0.05) is 12.1 Å². The fourth-order valence-corrected chi connectivity index (χ4v) is 7.74. The molecule has 1 aromatic carbocycles. The first-order valence-electron chi connectivity index (χ1n) is 13.6. The number of carbonyl (C=O) groups excluding carboxylic acids is 1. The van der Waals surface area contributed by atoms with E-state index in [1.165, 1.54) is 19.3 Å². The molecule has 5 aliphatic rings. The Morgan fingerprint density at radius 1 is 1.14 bits per heavy atom. The lowest BCUT2D eigenvalue weighted by atomic mass is 9.49. The number of carbonyl (C=O) groups is 1. The van der Waals surface area contributed by atoms with Crippen molar-refractivity contribution in [3.05, 3.63) is 40.4 Å². The topological polar surface area (TPSA) is 88.1 Å². The molecule has 1 aliphatic heterocycles. The first-order valence-corrected chi connectivity index (χ1v) is 14.0. The van der Waals surface area contributed by atoms with Gasteiger partial charge in [-0.05, 0) is 87.6 Å². The highest BCUT2D eigenvalue weighted by molar-refractivity contribution is 7.71. The van der Waals surface area contributed by atoms with Crippen LogP contribution in [0.5, 0.6) is 5.75 Å². The van der Waals surface area contributed by atoms with Crippen molar-refractivity contribution in [2.45, 2.75) is 57.5 Å². The Bertz CT molecular complexity index is 1210. The Morgan fingerprint density at radius 2 is 1.78 bits per heavy atom. The standard InChI is InChI=1S/C27H36N6O3S/c1-2-36-26(35)31-9-7-30(8-10-31)18-32-25(37)33(28-17-22-5-3-4-6-23(22)34)24(29-32)27-14-19-11-20(15-27)13-21(12-19)16-27/h3-6,17,19-21,34H,2,7-16,18H2,1H3/b28-17+. The van der Waals surface area contributed by atoms with Crippen molar-refractivity contribution in [1.82, 2.24) is 24.3 Å². The van der Waals surface area contributed by atoms with Gasteiger partial charge >= 0.3 is 6.09 Å². The molecule has 37 heavy (non-hydrogen) atoms. The fraction of sp³-hybridized carbons (Fsp3) is 0.630. The maximum absolute atomic E-state index is 12.1. The van der Waals surface area contributed by atoms with Crippen LogP contribution in [0.25, 0.3) is 0 Å². The van der Waals surface area contributed by atoms with Crippen molar-refractivity contribution in [2.24, 2.45) is 22.9 Å². The number of phenols is 1. The van der Waals surface area contributed by atoms with E-state index < -0.39 is 0 Å². The second-order valence-corrected chi connectivity index (χ2v) is 11.7. The van der Waals surface area contributed by atoms with Crippen molar-refractivity contribution >= 4 is 24.5 Å². The molecule has 1 amide bonds. The molecule has 10 heteroatoms. The van der Waals surface area contributed by atoms with Crippen LogP contribution >= 0.6 is 12.2 Å². The molecular formula is C27H36N6O3S. The highest BCUT2D eigenvalue weighted by Crippen LogP contribution is 2.60. The summed E-state index contributed by atoms with van der Waals surface area (Å²) in [6.07, 6.45) is 9.00. The maximum atomic E-state index is 12.1. The van der Waals surface area contributed by atoms with Crippen LogP contribution < -0.4 is 0 Å². The lowest BCUT2D eigenvalue weighted by Gasteiger charge is -2.55. The van der Waals surface area contributed by atoms with E-state index in [1.54, 1.807) is 23.2 Å². The Balaban J connectivity index is 1.29. The molecule has 0 unspecified atom stereocenters. The highest BCUT2D eigenvalue weighted by atomic mass is 32.1. The maximum Gasteiger partial charge on any atom is 0.409 e. The van der Waals surface area contributed by atoms with Crippen molar-refractivity contribution in [3.63, 3.8) is 0 Å². The van der Waals surface area contributed by atoms with Gasteiger partial charge in [0.05, 0.1) is 19.5 Å². The van der Waals surface area contributed by atoms with Gasteiger partial charge in [0.1, 0.15) is 5.75 Å². The van der Waals surface area contributed by atoms with Gasteiger partial charge in [0, 0.05) is 37.2 Å². The number of hydrogen-bond donors (Lipinski definition) is 1. The molecule has 198 valence electrons. The molecule has 4 aliphatic carbocycles. The van der Waals surface area contributed by atoms with E-state index in [9.17, 15) is 9.90 Å². The molecule has 4 bridgehead atoms. The van der Waals surface area contributed by atoms with E-state index in [0.717, 1.165) is 55.9 Å². The summed E-state index contributed by atoms with van der Waals surface area (Å²) in [6, 6.07) is 7.21. The number of aromatic nitrogens is 3. The third-order valence-corrected chi connectivity index (χ3v) is 9.20. The molecule has 2 heterocycles. The summed E-state index contributed by atoms with van der Waals surface area (Å²) < 4.78 is 9.51. The number of para-hydroxylation sites is 1. The smallest absolute Gasteiger partial charge is 0.409 e. The van der Waals surface area contributed by atoms with E-state index >= 15 is 0 Å². The summed E-state index contributed by atoms with van der Waals surface area (Å²) in [4.78, 5) is 16.1. The Morgan fingerprint density at radius 3 is 2.41 bits per heavy atom. The molecular weight excluding hydrogens is 488 g/mol. The first-order chi connectivity index (χ1) is 17.9. The van der Waals surface area contributed by atoms with Crippen LogP contribution in [0.1, 0.15) is 56.8 Å². The van der Waals surface area contributed by atoms with Gasteiger partial charge in [-0.3, -0.25) is 4.90 Å². The molecule has 5 fully saturated rings. The number of ether oxygens (including phenoxy) is 1. The van der Waals surface area contributed by atoms with Crippen LogP contribution in [0.15, 0.2) is 29.4 Å². The number of nitrogens with zero attached hydrogens (tertiary/aromatic N) is 6. The average molecular weight is 525 g/mol. The molecule has 0 atom stereocenters. The van der Waals surface area contributed by atoms with Crippen LogP contribution in [-0.2, 0) is 16.8 Å². The molecule has 9 nitrogen and oxygen atoms in total. The van der Waals surface area contributed by atoms with Crippen LogP contribution in [0.4, 0.5) is 4.79 Å². The molecule has 0 radical (unpaired) electrons. The monoisotopic (exact) mass is 524 g/mol. The largest absolute Gasteiger partial charge is 0.507 e. The van der Waals surface area contributed by atoms with Gasteiger partial charge in [0.25, 0.3) is 0 Å². The fourth-order valence-electron chi connectivity index (χ4n) is 7.50. The van der Waals surface area contributed by atoms with Gasteiger partial charge in [0.2, 0.25) is 4.77 Å². The van der Waals surface area contributed by atoms with Crippen molar-refractivity contribution in [2.75, 3.05) is 32.8 Å². The summed E-state index contributed by atoms with van der Waals surface area (Å²) in [5.41, 5.74) is 0.676. The minimum absolute atomic E-state index is 0.0201. The number of phenolic OH excluding ortho intramolecular Hbond substituents is 1. The summed E-state index contributed by atoms with van der Waals surface area (Å²) in [5.74, 6) is 3.50. The SMILES string of the molecule is CCOC(=O)N1CCN(Cn2nc(C34CC5CC(CC(C5)C3)C4)n(/N=C/c3ccccc3O)c2=S)CC1. The normalized spacial score (nSPS) is 29.3. The minimum atomic E-state index is -0.245. The first kappa shape index (κ1) is 24.6. The highest BCUT2D eigenvalue weighted by Gasteiger charge is 2.54. The molecule has 1 saturated heterocycles. The molecule has 1 aromatic heterocycles. The Kier molecular flexibility index (Phi) is 6.56. The van der Waals surface area contributed by atoms with Crippen molar-refractivity contribution in [1.29, 1.82) is 0 Å². The Labute approximate surface area is 222 Å². The lowest BCUT2D eigenvalue weighted by Crippen LogP contribution is -2.50. The quantitative estimate of drug-likeness (QED) is 0.450. The predicted molar refractivity (Wildman–Crippen MR) is 142 cm³/mol. The van der Waals surface area contributed by atoms with Gasteiger partial charge in [-0.2, -0.15) is 14.9 Å². The molecule has 4 saturated carbocycles. The van der Waals surface area contributed by atoms with E-state index in [4.69, 9.17) is 27.2 Å². The van der Waals surface area contributed by atoms with E-state index in [-0.39, 0.29) is 17.3 Å². The van der Waals surface area contributed by atoms with Crippen molar-refractivity contribution < 1.29 is 14.6 Å². The van der Waals surface area contributed by atoms with E-state index in [2.05, 4.69) is 4.90 Å². The van der Waals surface area contributed by atoms with Gasteiger partial charge in [-0.25, -0.2) is 9.48 Å².